The van der Waals surface area contributed by atoms with Crippen LogP contribution in [0.3, 0.4) is 0 Å². The molecule has 2 aromatic rings. The van der Waals surface area contributed by atoms with Crippen molar-refractivity contribution >= 4 is 25.3 Å². The van der Waals surface area contributed by atoms with Gasteiger partial charge >= 0.3 is 7.60 Å². The monoisotopic (exact) mass is 745 g/mol. The van der Waals surface area contributed by atoms with Gasteiger partial charge in [0.1, 0.15) is 6.04 Å². The molecule has 1 heterocycles. The highest BCUT2D eigenvalue weighted by molar-refractivity contribution is 7.53. The highest BCUT2D eigenvalue weighted by Gasteiger charge is 2.37. The molecule has 13 heteroatoms. The molecule has 0 bridgehead atoms. The third-order valence-electron chi connectivity index (χ3n) is 9.97. The maximum absolute atomic E-state index is 14.3. The number of nitrogens with zero attached hydrogens (tertiary/aromatic N) is 1. The number of H-pyrrole nitrogens is 1. The Morgan fingerprint density at radius 3 is 2.25 bits per heavy atom. The Balaban J connectivity index is 1.89. The maximum atomic E-state index is 14.3. The van der Waals surface area contributed by atoms with Gasteiger partial charge in [-0.25, -0.2) is 4.98 Å². The zero-order chi connectivity index (χ0) is 37.9. The quantitative estimate of drug-likeness (QED) is 0.0648. The van der Waals surface area contributed by atoms with Gasteiger partial charge in [-0.15, -0.1) is 0 Å². The van der Waals surface area contributed by atoms with Crippen LogP contribution >= 0.6 is 7.60 Å². The van der Waals surface area contributed by atoms with Crippen molar-refractivity contribution in [2.24, 2.45) is 23.7 Å². The van der Waals surface area contributed by atoms with Gasteiger partial charge in [0.15, 0.2) is 0 Å². The smallest absolute Gasteiger partial charge is 0.331 e. The molecule has 2 unspecified atom stereocenters. The molecular formula is C39H64N5O7P. The number of rotatable bonds is 24. The number of aliphatic hydroxyl groups excluding tert-OH is 1. The van der Waals surface area contributed by atoms with E-state index in [1.54, 1.807) is 20.0 Å². The van der Waals surface area contributed by atoms with Gasteiger partial charge in [0.25, 0.3) is 0 Å². The number of hydrogen-bond acceptors (Lipinski definition) is 8. The minimum Gasteiger partial charge on any atom is -0.391 e. The maximum Gasteiger partial charge on any atom is 0.331 e. The summed E-state index contributed by atoms with van der Waals surface area (Å²) < 4.78 is 24.8. The van der Waals surface area contributed by atoms with Crippen LogP contribution in [-0.4, -0.2) is 76.9 Å². The van der Waals surface area contributed by atoms with Crippen molar-refractivity contribution in [1.82, 2.24) is 25.9 Å². The van der Waals surface area contributed by atoms with Gasteiger partial charge in [-0.1, -0.05) is 89.6 Å². The molecule has 1 aromatic carbocycles. The molecule has 12 nitrogen and oxygen atoms in total. The number of imidazole rings is 1. The van der Waals surface area contributed by atoms with Crippen molar-refractivity contribution in [2.75, 3.05) is 25.9 Å². The van der Waals surface area contributed by atoms with E-state index in [0.717, 1.165) is 44.1 Å². The van der Waals surface area contributed by atoms with E-state index in [1.165, 1.54) is 12.7 Å². The van der Waals surface area contributed by atoms with Crippen molar-refractivity contribution in [3.05, 3.63) is 54.1 Å². The summed E-state index contributed by atoms with van der Waals surface area (Å²) in [6.07, 6.45) is 10.4. The summed E-state index contributed by atoms with van der Waals surface area (Å²) in [6.45, 7) is 10.4. The number of hydrogen-bond donors (Lipinski definition) is 5. The SMILES string of the molecule is CCCCNC(=O)[C@@H](CC(O)[C@H](CC1CCCCC1)NC(=O)[C@H](Cc1cnc[nH]1)NC(=O)C(Cc1ccccc1)CP(=O)(OCC)OCC)C(C)C. The summed E-state index contributed by atoms with van der Waals surface area (Å²) in [5, 5.41) is 20.9. The fourth-order valence-electron chi connectivity index (χ4n) is 7.06. The minimum absolute atomic E-state index is 0.0133. The number of unbranched alkanes of at least 4 members (excludes halogenated alkanes) is 1. The fraction of sp³-hybridized carbons (Fsp3) is 0.692. The van der Waals surface area contributed by atoms with Crippen LogP contribution in [0, 0.1) is 23.7 Å². The number of aromatic amines is 1. The van der Waals surface area contributed by atoms with Crippen LogP contribution in [0.25, 0.3) is 0 Å². The summed E-state index contributed by atoms with van der Waals surface area (Å²) in [4.78, 5) is 48.8. The molecule has 5 N–H and O–H groups in total. The molecule has 5 atom stereocenters. The summed E-state index contributed by atoms with van der Waals surface area (Å²) in [7, 11) is -3.63. The standard InChI is InChI=1S/C39H64N5O7P/c1-6-9-20-41-38(47)33(28(4)5)24-36(45)34(22-30-18-14-11-15-19-30)43-39(48)35(23-32-25-40-27-42-32)44-37(46)31(21-29-16-12-10-13-17-29)26-52(49,50-7-2)51-8-3/h10,12-13,16-17,25,27-28,30-31,33-36,45H,6-9,11,14-15,18-24,26H2,1-5H3,(H,40,42)(H,41,47)(H,43,48)(H,44,46)/t31?,33-,34-,35-,36?/m0/s1. The van der Waals surface area contributed by atoms with Crippen LogP contribution in [0.2, 0.25) is 0 Å². The van der Waals surface area contributed by atoms with Gasteiger partial charge in [-0.05, 0) is 56.9 Å². The van der Waals surface area contributed by atoms with Gasteiger partial charge in [0, 0.05) is 30.8 Å². The lowest BCUT2D eigenvalue weighted by atomic mass is 9.81. The van der Waals surface area contributed by atoms with Crippen molar-refractivity contribution in [3.63, 3.8) is 0 Å². The van der Waals surface area contributed by atoms with Crippen LogP contribution in [-0.2, 0) is 40.8 Å². The lowest BCUT2D eigenvalue weighted by molar-refractivity contribution is -0.132. The number of nitrogens with one attached hydrogen (secondary N) is 4. The van der Waals surface area contributed by atoms with Crippen LogP contribution in [0.5, 0.6) is 0 Å². The second-order valence-corrected chi connectivity index (χ2v) is 16.6. The van der Waals surface area contributed by atoms with Crippen LogP contribution in [0.4, 0.5) is 0 Å². The van der Waals surface area contributed by atoms with Crippen LogP contribution < -0.4 is 16.0 Å². The number of benzene rings is 1. The second kappa shape index (κ2) is 22.9. The minimum atomic E-state index is -3.63. The molecule has 0 saturated heterocycles. The zero-order valence-electron chi connectivity index (χ0n) is 32.0. The van der Waals surface area contributed by atoms with Gasteiger partial charge in [-0.2, -0.15) is 0 Å². The Bertz CT molecular complexity index is 1360. The Morgan fingerprint density at radius 1 is 0.962 bits per heavy atom. The molecular weight excluding hydrogens is 681 g/mol. The fourth-order valence-corrected chi connectivity index (χ4v) is 8.97. The Kier molecular flexibility index (Phi) is 19.1. The van der Waals surface area contributed by atoms with E-state index >= 15 is 0 Å². The first-order valence-corrected chi connectivity index (χ1v) is 21.2. The molecule has 1 saturated carbocycles. The van der Waals surface area contributed by atoms with Gasteiger partial charge in [0.05, 0.1) is 43.8 Å². The first-order valence-electron chi connectivity index (χ1n) is 19.4. The molecule has 1 fully saturated rings. The lowest BCUT2D eigenvalue weighted by Crippen LogP contribution is -2.55. The van der Waals surface area contributed by atoms with Gasteiger partial charge in [0.2, 0.25) is 17.7 Å². The number of carbonyl (C=O) groups excluding carboxylic acids is 3. The first-order chi connectivity index (χ1) is 25.0. The van der Waals surface area contributed by atoms with Crippen molar-refractivity contribution in [2.45, 2.75) is 123 Å². The van der Waals surface area contributed by atoms with Crippen LogP contribution in [0.1, 0.15) is 104 Å². The second-order valence-electron chi connectivity index (χ2n) is 14.5. The molecule has 292 valence electrons. The molecule has 0 radical (unpaired) electrons. The van der Waals surface area contributed by atoms with E-state index in [0.29, 0.717) is 24.6 Å². The Labute approximate surface area is 310 Å². The normalized spacial score (nSPS) is 16.8. The predicted molar refractivity (Wildman–Crippen MR) is 204 cm³/mol. The van der Waals surface area contributed by atoms with Gasteiger partial charge < -0.3 is 35.1 Å². The summed E-state index contributed by atoms with van der Waals surface area (Å²) in [5.41, 5.74) is 1.51. The molecule has 3 amide bonds. The average Bonchev–Trinajstić information content (AvgIpc) is 3.64. The molecule has 3 rings (SSSR count). The topological polar surface area (TPSA) is 172 Å². The van der Waals surface area contributed by atoms with E-state index < -0.39 is 49.4 Å². The molecule has 1 aliphatic rings. The zero-order valence-corrected chi connectivity index (χ0v) is 32.9. The van der Waals surface area contributed by atoms with Gasteiger partial charge in [-0.3, -0.25) is 18.9 Å². The number of amides is 3. The van der Waals surface area contributed by atoms with Crippen molar-refractivity contribution in [3.8, 4) is 0 Å². The van der Waals surface area contributed by atoms with Crippen molar-refractivity contribution in [1.29, 1.82) is 0 Å². The summed E-state index contributed by atoms with van der Waals surface area (Å²) >= 11 is 0. The molecule has 52 heavy (non-hydrogen) atoms. The molecule has 0 aliphatic heterocycles. The number of aliphatic hydroxyl groups is 1. The van der Waals surface area contributed by atoms with E-state index in [-0.39, 0.29) is 50.5 Å². The average molecular weight is 746 g/mol. The van der Waals surface area contributed by atoms with Crippen molar-refractivity contribution < 1.29 is 33.1 Å². The molecule has 1 aliphatic carbocycles. The summed E-state index contributed by atoms with van der Waals surface area (Å²) in [5.74, 6) is -1.94. The van der Waals surface area contributed by atoms with Crippen LogP contribution in [0.15, 0.2) is 42.9 Å². The predicted octanol–water partition coefficient (Wildman–Crippen LogP) is 5.96. The Morgan fingerprint density at radius 2 is 1.65 bits per heavy atom. The number of aromatic nitrogens is 2. The first kappa shape index (κ1) is 43.4. The largest absolute Gasteiger partial charge is 0.391 e. The third kappa shape index (κ3) is 14.8. The van der Waals surface area contributed by atoms with E-state index in [1.807, 2.05) is 44.2 Å². The highest BCUT2D eigenvalue weighted by atomic mass is 31.2. The lowest BCUT2D eigenvalue weighted by Gasteiger charge is -2.33. The van der Waals surface area contributed by atoms with E-state index in [4.69, 9.17) is 9.05 Å². The Hall–Kier alpha value is -3.05. The van der Waals surface area contributed by atoms with E-state index in [2.05, 4.69) is 32.8 Å². The highest BCUT2D eigenvalue weighted by Crippen LogP contribution is 2.50. The number of carbonyl (C=O) groups is 3. The summed E-state index contributed by atoms with van der Waals surface area (Å²) in [6, 6.07) is 7.76. The molecule has 1 aromatic heterocycles. The third-order valence-corrected chi connectivity index (χ3v) is 12.2. The van der Waals surface area contributed by atoms with E-state index in [9.17, 15) is 24.1 Å². The molecule has 0 spiro atoms.